The van der Waals surface area contributed by atoms with Crippen LogP contribution in [0, 0.1) is 0 Å². The van der Waals surface area contributed by atoms with Gasteiger partial charge in [0.05, 0.1) is 11.3 Å². The summed E-state index contributed by atoms with van der Waals surface area (Å²) in [4.78, 5) is 10.9. The molecule has 0 spiro atoms. The Bertz CT molecular complexity index is 580. The summed E-state index contributed by atoms with van der Waals surface area (Å²) in [5.74, 6) is -0.155. The predicted molar refractivity (Wildman–Crippen MR) is 79.5 cm³/mol. The smallest absolute Gasteiger partial charge is 0.335 e. The number of benzene rings is 1. The second-order valence-corrected chi connectivity index (χ2v) is 7.96. The molecule has 0 aliphatic carbocycles. The Kier molecular flexibility index (Phi) is 5.06. The first-order valence-electron chi connectivity index (χ1n) is 6.37. The van der Waals surface area contributed by atoms with Crippen molar-refractivity contribution >= 4 is 27.8 Å². The topological polar surface area (TPSA) is 83.5 Å². The lowest BCUT2D eigenvalue weighted by molar-refractivity contribution is 0.0696. The Morgan fingerprint density at radius 3 is 2.90 bits per heavy atom. The molecule has 7 heteroatoms. The van der Waals surface area contributed by atoms with Gasteiger partial charge in [-0.3, -0.25) is 0 Å². The third kappa shape index (κ3) is 4.50. The molecule has 1 saturated heterocycles. The number of thioether (sulfide) groups is 1. The molecule has 0 aromatic heterocycles. The van der Waals surface area contributed by atoms with Gasteiger partial charge >= 0.3 is 5.97 Å². The molecule has 2 rings (SSSR count). The lowest BCUT2D eigenvalue weighted by Gasteiger charge is -2.11. The van der Waals surface area contributed by atoms with Crippen LogP contribution in [0.2, 0.25) is 0 Å². The minimum atomic E-state index is -3.42. The van der Waals surface area contributed by atoms with E-state index in [0.29, 0.717) is 17.4 Å². The van der Waals surface area contributed by atoms with Gasteiger partial charge in [-0.1, -0.05) is 12.1 Å². The summed E-state index contributed by atoms with van der Waals surface area (Å²) < 4.78 is 26.5. The average Bonchev–Trinajstić information content (AvgIpc) is 2.89. The van der Waals surface area contributed by atoms with Crippen LogP contribution < -0.4 is 4.72 Å². The molecule has 1 fully saturated rings. The first-order valence-corrected chi connectivity index (χ1v) is 9.07. The third-order valence-corrected chi connectivity index (χ3v) is 5.80. The van der Waals surface area contributed by atoms with E-state index in [1.165, 1.54) is 12.1 Å². The molecule has 0 bridgehead atoms. The van der Waals surface area contributed by atoms with E-state index < -0.39 is 16.0 Å². The number of carboxylic acid groups (broad SMARTS) is 1. The van der Waals surface area contributed by atoms with Crippen molar-refractivity contribution in [2.75, 3.05) is 12.3 Å². The molecule has 1 aromatic rings. The summed E-state index contributed by atoms with van der Waals surface area (Å²) in [5, 5.41) is 9.24. The van der Waals surface area contributed by atoms with Crippen molar-refractivity contribution in [2.45, 2.75) is 23.8 Å². The van der Waals surface area contributed by atoms with Crippen LogP contribution in [-0.4, -0.2) is 37.0 Å². The van der Waals surface area contributed by atoms with Gasteiger partial charge < -0.3 is 5.11 Å². The minimum absolute atomic E-state index is 0.101. The SMILES string of the molecule is O=C(O)c1cccc(CS(=O)(=O)NCC2CCCS2)c1. The normalized spacial score (nSPS) is 19.1. The number of carbonyl (C=O) groups is 1. The van der Waals surface area contributed by atoms with Crippen molar-refractivity contribution in [1.29, 1.82) is 0 Å². The summed E-state index contributed by atoms with van der Waals surface area (Å²) in [6.07, 6.45) is 2.18. The Morgan fingerprint density at radius 2 is 2.25 bits per heavy atom. The summed E-state index contributed by atoms with van der Waals surface area (Å²) in [6, 6.07) is 6.02. The van der Waals surface area contributed by atoms with E-state index in [1.54, 1.807) is 23.9 Å². The van der Waals surface area contributed by atoms with E-state index in [2.05, 4.69) is 4.72 Å². The zero-order valence-electron chi connectivity index (χ0n) is 10.9. The van der Waals surface area contributed by atoms with E-state index in [4.69, 9.17) is 5.11 Å². The van der Waals surface area contributed by atoms with E-state index in [1.807, 2.05) is 0 Å². The molecule has 2 N–H and O–H groups in total. The Labute approximate surface area is 122 Å². The standard InChI is InChI=1S/C13H17NO4S2/c15-13(16)11-4-1-3-10(7-11)9-20(17,18)14-8-12-5-2-6-19-12/h1,3-4,7,12,14H,2,5-6,8-9H2,(H,15,16). The predicted octanol–water partition coefficient (Wildman–Crippen LogP) is 1.70. The fraction of sp³-hybridized carbons (Fsp3) is 0.462. The quantitative estimate of drug-likeness (QED) is 0.835. The summed E-state index contributed by atoms with van der Waals surface area (Å²) in [6.45, 7) is 0.450. The van der Waals surface area contributed by atoms with Gasteiger partial charge in [0.15, 0.2) is 0 Å². The molecule has 20 heavy (non-hydrogen) atoms. The molecule has 110 valence electrons. The third-order valence-electron chi connectivity index (χ3n) is 3.09. The van der Waals surface area contributed by atoms with Crippen molar-refractivity contribution in [3.8, 4) is 0 Å². The van der Waals surface area contributed by atoms with E-state index in [-0.39, 0.29) is 11.3 Å². The highest BCUT2D eigenvalue weighted by molar-refractivity contribution is 8.00. The van der Waals surface area contributed by atoms with Gasteiger partial charge in [0.25, 0.3) is 0 Å². The largest absolute Gasteiger partial charge is 0.478 e. The zero-order valence-corrected chi connectivity index (χ0v) is 12.5. The van der Waals surface area contributed by atoms with Crippen LogP contribution in [-0.2, 0) is 15.8 Å². The van der Waals surface area contributed by atoms with E-state index >= 15 is 0 Å². The highest BCUT2D eigenvalue weighted by atomic mass is 32.2. The van der Waals surface area contributed by atoms with Crippen molar-refractivity contribution in [1.82, 2.24) is 4.72 Å². The fourth-order valence-electron chi connectivity index (χ4n) is 2.09. The minimum Gasteiger partial charge on any atom is -0.478 e. The van der Waals surface area contributed by atoms with Gasteiger partial charge in [0, 0.05) is 11.8 Å². The second kappa shape index (κ2) is 6.60. The highest BCUT2D eigenvalue weighted by Gasteiger charge is 2.19. The number of nitrogens with one attached hydrogen (secondary N) is 1. The van der Waals surface area contributed by atoms with Crippen LogP contribution >= 0.6 is 11.8 Å². The molecular weight excluding hydrogens is 298 g/mol. The van der Waals surface area contributed by atoms with Gasteiger partial charge in [-0.15, -0.1) is 0 Å². The monoisotopic (exact) mass is 315 g/mol. The summed E-state index contributed by atoms with van der Waals surface area (Å²) in [5.41, 5.74) is 0.584. The van der Waals surface area contributed by atoms with Crippen LogP contribution in [0.3, 0.4) is 0 Å². The Hall–Kier alpha value is -1.05. The molecule has 1 heterocycles. The number of aromatic carboxylic acids is 1. The highest BCUT2D eigenvalue weighted by Crippen LogP contribution is 2.25. The lowest BCUT2D eigenvalue weighted by Crippen LogP contribution is -2.30. The van der Waals surface area contributed by atoms with Gasteiger partial charge in [0.2, 0.25) is 10.0 Å². The van der Waals surface area contributed by atoms with Crippen LogP contribution in [0.1, 0.15) is 28.8 Å². The molecule has 5 nitrogen and oxygen atoms in total. The number of sulfonamides is 1. The Morgan fingerprint density at radius 1 is 1.45 bits per heavy atom. The van der Waals surface area contributed by atoms with E-state index in [9.17, 15) is 13.2 Å². The number of hydrogen-bond donors (Lipinski definition) is 2. The van der Waals surface area contributed by atoms with Crippen LogP contribution in [0.15, 0.2) is 24.3 Å². The molecule has 1 aromatic carbocycles. The maximum Gasteiger partial charge on any atom is 0.335 e. The summed E-state index contributed by atoms with van der Waals surface area (Å²) in [7, 11) is -3.42. The van der Waals surface area contributed by atoms with Crippen LogP contribution in [0.25, 0.3) is 0 Å². The van der Waals surface area contributed by atoms with Crippen molar-refractivity contribution in [3.63, 3.8) is 0 Å². The molecule has 0 radical (unpaired) electrons. The summed E-state index contributed by atoms with van der Waals surface area (Å²) >= 11 is 1.79. The molecule has 0 amide bonds. The fourth-order valence-corrected chi connectivity index (χ4v) is 4.57. The van der Waals surface area contributed by atoms with Gasteiger partial charge in [0.1, 0.15) is 0 Å². The molecule has 1 aliphatic heterocycles. The first kappa shape index (κ1) is 15.3. The van der Waals surface area contributed by atoms with Crippen molar-refractivity contribution in [3.05, 3.63) is 35.4 Å². The maximum absolute atomic E-state index is 12.0. The van der Waals surface area contributed by atoms with Crippen LogP contribution in [0.5, 0.6) is 0 Å². The molecule has 1 aliphatic rings. The molecule has 1 atom stereocenters. The molecule has 1 unspecified atom stereocenters. The molecule has 0 saturated carbocycles. The number of hydrogen-bond acceptors (Lipinski definition) is 4. The Balaban J connectivity index is 1.96. The lowest BCUT2D eigenvalue weighted by atomic mass is 10.1. The van der Waals surface area contributed by atoms with Crippen molar-refractivity contribution < 1.29 is 18.3 Å². The average molecular weight is 315 g/mol. The number of carboxylic acids is 1. The maximum atomic E-state index is 12.0. The van der Waals surface area contributed by atoms with Crippen LogP contribution in [0.4, 0.5) is 0 Å². The number of rotatable bonds is 6. The van der Waals surface area contributed by atoms with Gasteiger partial charge in [-0.2, -0.15) is 11.8 Å². The second-order valence-electron chi connectivity index (χ2n) is 4.75. The van der Waals surface area contributed by atoms with Crippen molar-refractivity contribution in [2.24, 2.45) is 0 Å². The first-order chi connectivity index (χ1) is 9.46. The van der Waals surface area contributed by atoms with Gasteiger partial charge in [-0.25, -0.2) is 17.9 Å². The van der Waals surface area contributed by atoms with E-state index in [0.717, 1.165) is 18.6 Å². The molecular formula is C13H17NO4S2. The van der Waals surface area contributed by atoms with Gasteiger partial charge in [-0.05, 0) is 36.3 Å². The zero-order chi connectivity index (χ0) is 14.6.